The first kappa shape index (κ1) is 25.4. The number of piperidine rings is 1. The number of aliphatic hydroxyl groups is 1. The molecule has 1 saturated heterocycles. The number of aliphatic imine (C=N–C) groups is 1. The number of aromatic nitrogens is 2. The average molecular weight is 527 g/mol. The third-order valence-corrected chi connectivity index (χ3v) is 8.14. The summed E-state index contributed by atoms with van der Waals surface area (Å²) in [6.07, 6.45) is -1.77. The molecular formula is C23H22ClF3N4O3S. The van der Waals surface area contributed by atoms with Gasteiger partial charge in [0, 0.05) is 43.0 Å². The molecule has 0 radical (unpaired) electrons. The fourth-order valence-corrected chi connectivity index (χ4v) is 5.89. The van der Waals surface area contributed by atoms with Crippen LogP contribution >= 0.6 is 11.6 Å². The van der Waals surface area contributed by atoms with Crippen molar-refractivity contribution in [1.29, 1.82) is 0 Å². The van der Waals surface area contributed by atoms with Crippen LogP contribution in [0.15, 0.2) is 52.5 Å². The molecule has 0 atom stereocenters. The average Bonchev–Trinajstić information content (AvgIpc) is 3.29. The number of hydrogen-bond acceptors (Lipinski definition) is 5. The van der Waals surface area contributed by atoms with Crippen LogP contribution in [0.2, 0.25) is 5.02 Å². The topological polar surface area (TPSA) is 98.7 Å². The maximum absolute atomic E-state index is 13.3. The fourth-order valence-electron chi connectivity index (χ4n) is 3.92. The Bertz CT molecular complexity index is 1360. The molecule has 0 aliphatic carbocycles. The van der Waals surface area contributed by atoms with Crippen molar-refractivity contribution in [3.8, 4) is 22.6 Å². The maximum atomic E-state index is 13.3. The maximum Gasteiger partial charge on any atom is 0.417 e. The number of alkyl halides is 3. The summed E-state index contributed by atoms with van der Waals surface area (Å²) < 4.78 is 67.5. The molecule has 2 N–H and O–H groups in total. The van der Waals surface area contributed by atoms with Gasteiger partial charge in [-0.2, -0.15) is 17.5 Å². The lowest BCUT2D eigenvalue weighted by molar-refractivity contribution is -0.137. The van der Waals surface area contributed by atoms with Crippen LogP contribution in [0.4, 0.5) is 13.2 Å². The summed E-state index contributed by atoms with van der Waals surface area (Å²) in [6, 6.07) is 8.14. The SMILES string of the molecule is CN=Cc1cc(-c2cnc(-c3ccc(Cl)c(S(=O)(=O)N4CCC(O)CC4)c3)[nH]2)ccc1C(F)(F)F. The van der Waals surface area contributed by atoms with Crippen LogP contribution in [-0.4, -0.2) is 60.3 Å². The lowest BCUT2D eigenvalue weighted by Crippen LogP contribution is -2.40. The van der Waals surface area contributed by atoms with E-state index in [0.29, 0.717) is 35.5 Å². The van der Waals surface area contributed by atoms with Gasteiger partial charge < -0.3 is 10.1 Å². The second-order valence-electron chi connectivity index (χ2n) is 8.11. The number of hydrogen-bond donors (Lipinski definition) is 2. The fraction of sp³-hybridized carbons (Fsp3) is 0.304. The van der Waals surface area contributed by atoms with E-state index in [2.05, 4.69) is 15.0 Å². The molecule has 0 bridgehead atoms. The van der Waals surface area contributed by atoms with Gasteiger partial charge in [0.15, 0.2) is 0 Å². The second kappa shape index (κ2) is 9.73. The molecule has 1 aliphatic heterocycles. The molecule has 0 spiro atoms. The molecule has 0 amide bonds. The predicted octanol–water partition coefficient (Wildman–Crippen LogP) is 4.61. The van der Waals surface area contributed by atoms with E-state index >= 15 is 0 Å². The summed E-state index contributed by atoms with van der Waals surface area (Å²) in [5.74, 6) is 0.327. The van der Waals surface area contributed by atoms with Gasteiger partial charge in [0.2, 0.25) is 10.0 Å². The van der Waals surface area contributed by atoms with Crippen molar-refractivity contribution in [1.82, 2.24) is 14.3 Å². The van der Waals surface area contributed by atoms with Gasteiger partial charge in [0.1, 0.15) is 10.7 Å². The van der Waals surface area contributed by atoms with Crippen molar-refractivity contribution in [3.05, 3.63) is 58.7 Å². The Hall–Kier alpha value is -2.73. The number of benzene rings is 2. The zero-order chi connectivity index (χ0) is 25.4. The van der Waals surface area contributed by atoms with E-state index in [4.69, 9.17) is 11.6 Å². The minimum atomic E-state index is -4.52. The summed E-state index contributed by atoms with van der Waals surface area (Å²) in [5.41, 5.74) is 0.465. The lowest BCUT2D eigenvalue weighted by Gasteiger charge is -2.29. The van der Waals surface area contributed by atoms with E-state index in [0.717, 1.165) is 12.3 Å². The summed E-state index contributed by atoms with van der Waals surface area (Å²) in [7, 11) is -2.51. The molecule has 4 rings (SSSR count). The van der Waals surface area contributed by atoms with Crippen LogP contribution in [0, 0.1) is 0 Å². The molecule has 3 aromatic rings. The highest BCUT2D eigenvalue weighted by Crippen LogP contribution is 2.35. The van der Waals surface area contributed by atoms with Crippen LogP contribution in [0.3, 0.4) is 0 Å². The molecule has 12 heteroatoms. The molecule has 0 saturated carbocycles. The van der Waals surface area contributed by atoms with Crippen LogP contribution in [0.1, 0.15) is 24.0 Å². The van der Waals surface area contributed by atoms with Crippen LogP contribution < -0.4 is 0 Å². The number of halogens is 4. The standard InChI is InChI=1S/C23H22ClF3N4O3S/c1-28-12-16-10-14(2-4-18(16)23(25,26)27)20-13-29-22(30-20)15-3-5-19(24)21(11-15)35(33,34)31-8-6-17(32)7-9-31/h2-5,10-13,17,32H,6-9H2,1H3,(H,29,30). The molecule has 1 aromatic heterocycles. The van der Waals surface area contributed by atoms with Crippen molar-refractivity contribution in [3.63, 3.8) is 0 Å². The van der Waals surface area contributed by atoms with E-state index in [1.165, 1.54) is 41.8 Å². The zero-order valence-electron chi connectivity index (χ0n) is 18.6. The number of rotatable bonds is 5. The molecule has 1 fully saturated rings. The van der Waals surface area contributed by atoms with Gasteiger partial charge in [-0.25, -0.2) is 13.4 Å². The first-order valence-corrected chi connectivity index (χ1v) is 12.5. The molecule has 2 heterocycles. The molecule has 35 heavy (non-hydrogen) atoms. The highest BCUT2D eigenvalue weighted by molar-refractivity contribution is 7.89. The van der Waals surface area contributed by atoms with Crippen LogP contribution in [0.5, 0.6) is 0 Å². The third-order valence-electron chi connectivity index (χ3n) is 5.76. The molecule has 1 aliphatic rings. The minimum Gasteiger partial charge on any atom is -0.393 e. The minimum absolute atomic E-state index is 0.0536. The largest absolute Gasteiger partial charge is 0.417 e. The molecule has 0 unspecified atom stereocenters. The first-order chi connectivity index (χ1) is 16.5. The number of aliphatic hydroxyl groups excluding tert-OH is 1. The van der Waals surface area contributed by atoms with Gasteiger partial charge in [0.25, 0.3) is 0 Å². The second-order valence-corrected chi connectivity index (χ2v) is 10.4. The summed E-state index contributed by atoms with van der Waals surface area (Å²) >= 11 is 6.23. The van der Waals surface area contributed by atoms with Crippen molar-refractivity contribution >= 4 is 27.8 Å². The summed E-state index contributed by atoms with van der Waals surface area (Å²) in [6.45, 7) is 0.374. The van der Waals surface area contributed by atoms with E-state index in [9.17, 15) is 26.7 Å². The summed E-state index contributed by atoms with van der Waals surface area (Å²) in [5, 5.41) is 9.74. The van der Waals surface area contributed by atoms with Gasteiger partial charge in [-0.15, -0.1) is 0 Å². The first-order valence-electron chi connectivity index (χ1n) is 10.7. The number of sulfonamides is 1. The van der Waals surface area contributed by atoms with Crippen molar-refractivity contribution in [2.45, 2.75) is 30.0 Å². The van der Waals surface area contributed by atoms with Crippen LogP contribution in [-0.2, 0) is 16.2 Å². The lowest BCUT2D eigenvalue weighted by atomic mass is 10.0. The van der Waals surface area contributed by atoms with Crippen molar-refractivity contribution in [2.75, 3.05) is 20.1 Å². The third kappa shape index (κ3) is 5.27. The van der Waals surface area contributed by atoms with Crippen molar-refractivity contribution < 1.29 is 26.7 Å². The zero-order valence-corrected chi connectivity index (χ0v) is 20.1. The van der Waals surface area contributed by atoms with E-state index in [1.54, 1.807) is 6.07 Å². The highest BCUT2D eigenvalue weighted by atomic mass is 35.5. The van der Waals surface area contributed by atoms with E-state index in [-0.39, 0.29) is 28.6 Å². The smallest absolute Gasteiger partial charge is 0.393 e. The Morgan fingerprint density at radius 1 is 1.17 bits per heavy atom. The number of nitrogens with one attached hydrogen (secondary N) is 1. The monoisotopic (exact) mass is 526 g/mol. The number of H-pyrrole nitrogens is 1. The van der Waals surface area contributed by atoms with Gasteiger partial charge >= 0.3 is 6.18 Å². The summed E-state index contributed by atoms with van der Waals surface area (Å²) in [4.78, 5) is 11.0. The Labute approximate surface area is 205 Å². The van der Waals surface area contributed by atoms with Gasteiger partial charge in [-0.1, -0.05) is 17.7 Å². The molecule has 7 nitrogen and oxygen atoms in total. The van der Waals surface area contributed by atoms with Gasteiger partial charge in [-0.05, 0) is 43.2 Å². The number of aromatic amines is 1. The van der Waals surface area contributed by atoms with Gasteiger partial charge in [-0.3, -0.25) is 4.99 Å². The number of nitrogens with zero attached hydrogens (tertiary/aromatic N) is 3. The van der Waals surface area contributed by atoms with E-state index < -0.39 is 27.9 Å². The predicted molar refractivity (Wildman–Crippen MR) is 127 cm³/mol. The van der Waals surface area contributed by atoms with Crippen LogP contribution in [0.25, 0.3) is 22.6 Å². The normalized spacial score (nSPS) is 16.3. The number of imidazole rings is 1. The Morgan fingerprint density at radius 2 is 1.86 bits per heavy atom. The molecular weight excluding hydrogens is 505 g/mol. The molecule has 2 aromatic carbocycles. The Balaban J connectivity index is 1.67. The Kier molecular flexibility index (Phi) is 7.05. The Morgan fingerprint density at radius 3 is 2.51 bits per heavy atom. The van der Waals surface area contributed by atoms with Crippen molar-refractivity contribution in [2.24, 2.45) is 4.99 Å². The van der Waals surface area contributed by atoms with E-state index in [1.807, 2.05) is 0 Å². The molecule has 186 valence electrons. The quantitative estimate of drug-likeness (QED) is 0.474. The van der Waals surface area contributed by atoms with Gasteiger partial charge in [0.05, 0.1) is 28.6 Å². The highest BCUT2D eigenvalue weighted by Gasteiger charge is 2.33.